The highest BCUT2D eigenvalue weighted by Gasteiger charge is 2.40. The molecule has 1 heterocycles. The minimum absolute atomic E-state index is 0. The predicted octanol–water partition coefficient (Wildman–Crippen LogP) is 8.12. The third-order valence-electron chi connectivity index (χ3n) is 10.8. The van der Waals surface area contributed by atoms with E-state index in [4.69, 9.17) is 62.6 Å². The Morgan fingerprint density at radius 3 is 1.81 bits per heavy atom. The molecule has 0 aliphatic heterocycles. The summed E-state index contributed by atoms with van der Waals surface area (Å²) in [5.41, 5.74) is 9.36. The lowest BCUT2D eigenvalue weighted by molar-refractivity contribution is -0.170. The Morgan fingerprint density at radius 2 is 1.31 bits per heavy atom. The van der Waals surface area contributed by atoms with Crippen LogP contribution in [0, 0.1) is 0 Å². The average Bonchev–Trinajstić information content (AvgIpc) is 3.48. The molecule has 0 unspecified atom stereocenters. The number of halogens is 3. The number of nitrogens with one attached hydrogen (secondary N) is 1. The number of phenolic OH excluding ortho intramolecular Hbond substituents is 1. The zero-order valence-corrected chi connectivity index (χ0v) is 50.3. The molecule has 0 saturated carbocycles. The first kappa shape index (κ1) is 78.6. The maximum absolute atomic E-state index is 11.0. The first-order valence-corrected chi connectivity index (χ1v) is 26.0. The number of carboxylic acid groups (broad SMARTS) is 4. The summed E-state index contributed by atoms with van der Waals surface area (Å²) in [6.07, 6.45) is 3.73. The van der Waals surface area contributed by atoms with Gasteiger partial charge in [0.15, 0.2) is 5.60 Å². The van der Waals surface area contributed by atoms with Gasteiger partial charge in [-0.1, -0.05) is 103 Å². The van der Waals surface area contributed by atoms with E-state index >= 15 is 0 Å². The van der Waals surface area contributed by atoms with Gasteiger partial charge in [0.2, 0.25) is 0 Å². The topological polar surface area (TPSA) is 323 Å². The number of esters is 1. The Kier molecular flexibility index (Phi) is 42.1. The van der Waals surface area contributed by atoms with Crippen LogP contribution in [0.3, 0.4) is 0 Å². The Morgan fingerprint density at radius 1 is 0.738 bits per heavy atom. The number of hydrogen-bond acceptors (Lipinski definition) is 16. The Labute approximate surface area is 508 Å². The molecule has 6 aromatic rings. The Bertz CT molecular complexity index is 2800. The number of pyridine rings is 1. The zero-order valence-electron chi connectivity index (χ0n) is 47.9. The molecule has 0 aliphatic carbocycles. The van der Waals surface area contributed by atoms with Crippen LogP contribution in [-0.2, 0) is 43.4 Å². The van der Waals surface area contributed by atoms with E-state index < -0.39 is 54.4 Å². The molecule has 460 valence electrons. The number of aromatic nitrogens is 1. The number of carbonyl (C=O) groups excluding carboxylic acids is 1. The lowest BCUT2D eigenvalue weighted by Gasteiger charge is -2.18. The smallest absolute Gasteiger partial charge is 0.336 e. The molecule has 0 saturated heterocycles. The highest BCUT2D eigenvalue weighted by molar-refractivity contribution is 6.30. The summed E-state index contributed by atoms with van der Waals surface area (Å²) in [5.74, 6) is -5.49. The molecule has 6 rings (SSSR count). The number of aryl methyl sites for hydroxylation is 1. The summed E-state index contributed by atoms with van der Waals surface area (Å²) in [7, 11) is 10.1. The molecule has 1 aromatic heterocycles. The number of aliphatic hydroxyl groups is 3. The molecule has 0 fully saturated rings. The third kappa shape index (κ3) is 36.9. The minimum Gasteiger partial charge on any atom is -0.508 e. The molecular formula is C61H80Cl3N5O15. The van der Waals surface area contributed by atoms with Crippen molar-refractivity contribution in [2.75, 3.05) is 61.5 Å². The van der Waals surface area contributed by atoms with E-state index in [1.54, 1.807) is 43.4 Å². The van der Waals surface area contributed by atoms with Gasteiger partial charge in [-0.3, -0.25) is 14.6 Å². The van der Waals surface area contributed by atoms with Crippen LogP contribution in [0.4, 0.5) is 0 Å². The summed E-state index contributed by atoms with van der Waals surface area (Å²) in [6, 6.07) is 45.3. The number of benzene rings is 5. The maximum atomic E-state index is 11.0. The number of aliphatic carboxylic acids is 4. The molecule has 11 N–H and O–H groups in total. The van der Waals surface area contributed by atoms with Gasteiger partial charge in [-0.05, 0) is 144 Å². The van der Waals surface area contributed by atoms with Gasteiger partial charge < -0.3 is 71.2 Å². The lowest BCUT2D eigenvalue weighted by Crippen LogP contribution is -2.42. The molecule has 5 aromatic carbocycles. The Balaban J connectivity index is 0. The van der Waals surface area contributed by atoms with Crippen molar-refractivity contribution >= 4 is 66.3 Å². The van der Waals surface area contributed by atoms with Crippen LogP contribution >= 0.6 is 36.4 Å². The van der Waals surface area contributed by atoms with Crippen molar-refractivity contribution in [3.63, 3.8) is 0 Å². The molecule has 2 atom stereocenters. The highest BCUT2D eigenvalue weighted by Crippen LogP contribution is 2.22. The van der Waals surface area contributed by atoms with Crippen molar-refractivity contribution in [3.8, 4) is 17.2 Å². The van der Waals surface area contributed by atoms with E-state index in [2.05, 4.69) is 90.8 Å². The van der Waals surface area contributed by atoms with Crippen molar-refractivity contribution in [2.45, 2.75) is 63.4 Å². The fraction of sp³-hybridized carbons (Fsp3) is 0.311. The second-order valence-electron chi connectivity index (χ2n) is 18.5. The molecule has 84 heavy (non-hydrogen) atoms. The van der Waals surface area contributed by atoms with E-state index in [9.17, 15) is 29.1 Å². The summed E-state index contributed by atoms with van der Waals surface area (Å²) >= 11 is 5.62. The number of ether oxygens (including phenoxy) is 2. The number of rotatable bonds is 23. The highest BCUT2D eigenvalue weighted by atomic mass is 35.5. The first-order chi connectivity index (χ1) is 38.9. The van der Waals surface area contributed by atoms with Crippen LogP contribution in [0.25, 0.3) is 0 Å². The number of carbonyl (C=O) groups is 5. The largest absolute Gasteiger partial charge is 0.508 e. The van der Waals surface area contributed by atoms with Crippen molar-refractivity contribution in [3.05, 3.63) is 202 Å². The number of hydrogen-bond donors (Lipinski definition) is 10. The van der Waals surface area contributed by atoms with Gasteiger partial charge in [-0.2, -0.15) is 0 Å². The van der Waals surface area contributed by atoms with Gasteiger partial charge in [0.25, 0.3) is 0 Å². The van der Waals surface area contributed by atoms with Crippen LogP contribution in [0.1, 0.15) is 71.8 Å². The van der Waals surface area contributed by atoms with Crippen LogP contribution in [-0.4, -0.2) is 153 Å². The van der Waals surface area contributed by atoms with Crippen molar-refractivity contribution < 1.29 is 74.3 Å². The molecular weight excluding hydrogens is 1150 g/mol. The normalized spacial score (nSPS) is 11.0. The Hall–Kier alpha value is -7.47. The van der Waals surface area contributed by atoms with Crippen molar-refractivity contribution in [1.82, 2.24) is 20.1 Å². The SMILES string of the molecule is CN(C)CCCc1ccccn1.CN(C)CCOc1ccccc1Cc1ccccc1.CNC[C@H](O)c1cccc(O)c1.C[C@@H](N)c1ccccc1CO.Cl.Cl.O=C(O)/C=C/C(=O)Oc1ccc(Cl)cc1.O=C(O)CC(O)(CC(=O)O)C(=O)O. The van der Waals surface area contributed by atoms with E-state index in [-0.39, 0.29) is 43.2 Å². The predicted molar refractivity (Wildman–Crippen MR) is 328 cm³/mol. The second kappa shape index (κ2) is 45.0. The van der Waals surface area contributed by atoms with E-state index in [0.717, 1.165) is 61.1 Å². The summed E-state index contributed by atoms with van der Waals surface area (Å²) in [5, 5.41) is 72.9. The molecule has 0 spiro atoms. The first-order valence-electron chi connectivity index (χ1n) is 25.7. The van der Waals surface area contributed by atoms with E-state index in [1.165, 1.54) is 35.4 Å². The number of para-hydroxylation sites is 1. The molecule has 20 nitrogen and oxygen atoms in total. The number of aromatic hydroxyl groups is 1. The lowest BCUT2D eigenvalue weighted by atomic mass is 9.96. The minimum atomic E-state index is -2.74. The number of nitrogens with two attached hydrogens (primary N) is 1. The molecule has 0 amide bonds. The van der Waals surface area contributed by atoms with E-state index in [1.807, 2.05) is 67.7 Å². The second-order valence-corrected chi connectivity index (χ2v) is 18.9. The van der Waals surface area contributed by atoms with Crippen LogP contribution in [0.15, 0.2) is 164 Å². The van der Waals surface area contributed by atoms with E-state index in [0.29, 0.717) is 23.4 Å². The summed E-state index contributed by atoms with van der Waals surface area (Å²) in [6.45, 7) is 5.25. The van der Waals surface area contributed by atoms with Gasteiger partial charge in [-0.25, -0.2) is 14.4 Å². The quantitative estimate of drug-likeness (QED) is 0.0164. The number of phenols is 1. The summed E-state index contributed by atoms with van der Waals surface area (Å²) in [4.78, 5) is 60.1. The third-order valence-corrected chi connectivity index (χ3v) is 11.1. The molecule has 0 aliphatic rings. The molecule has 0 bridgehead atoms. The van der Waals surface area contributed by atoms with Gasteiger partial charge in [-0.15, -0.1) is 24.8 Å². The standard InChI is InChI=1S/C17H21NO.C10H7ClO4.C10H16N2.C9H13NO2.C9H13NO.C6H8O7.2ClH/c1-18(2)12-13-19-17-11-7-6-10-16(17)14-15-8-4-3-5-9-15;11-7-1-3-8(4-2-7)15-10(14)6-5-9(12)13;1-12(2)9-5-7-10-6-3-4-8-11-10;1-10-6-9(12)7-3-2-4-8(11)5-7;1-7(10)9-5-3-2-4-8(9)6-11;7-3(8)1-6(13,5(11)12)2-4(9)10;;/h3-11H,12-14H2,1-2H3;1-6H,(H,12,13);3-4,6,8H,5,7,9H2,1-2H3;2-5,9-12H,6H2,1H3;2-5,7,11H,6,10H2,1H3;13H,1-2H2,(H,7,8)(H,9,10)(H,11,12);2*1H/b;6-5+;;;;;;/t;;;9-;7-;;;/m...01.../s1. The van der Waals surface area contributed by atoms with Crippen molar-refractivity contribution in [2.24, 2.45) is 5.73 Å². The number of carboxylic acids is 4. The number of aliphatic hydroxyl groups excluding tert-OH is 2. The zero-order chi connectivity index (χ0) is 61.5. The maximum Gasteiger partial charge on any atom is 0.336 e. The number of likely N-dealkylation sites (N-methyl/N-ethyl adjacent to an activating group) is 2. The van der Waals surface area contributed by atoms with Gasteiger partial charge >= 0.3 is 29.8 Å². The fourth-order valence-corrected chi connectivity index (χ4v) is 6.86. The fourth-order valence-electron chi connectivity index (χ4n) is 6.74. The summed E-state index contributed by atoms with van der Waals surface area (Å²) < 4.78 is 10.7. The van der Waals surface area contributed by atoms with Gasteiger partial charge in [0.05, 0.1) is 25.6 Å². The average molecular weight is 1230 g/mol. The number of nitrogens with zero attached hydrogens (tertiary/aromatic N) is 3. The molecule has 0 radical (unpaired) electrons. The van der Waals surface area contributed by atoms with Crippen molar-refractivity contribution in [1.29, 1.82) is 0 Å². The van der Waals surface area contributed by atoms with Crippen LogP contribution in [0.2, 0.25) is 5.02 Å². The molecule has 23 heteroatoms. The van der Waals surface area contributed by atoms with Gasteiger partial charge in [0.1, 0.15) is 23.9 Å². The monoisotopic (exact) mass is 1230 g/mol. The van der Waals surface area contributed by atoms with Crippen LogP contribution in [0.5, 0.6) is 17.2 Å². The van der Waals surface area contributed by atoms with Crippen LogP contribution < -0.4 is 20.5 Å². The van der Waals surface area contributed by atoms with Gasteiger partial charge in [0, 0.05) is 54.6 Å².